The summed E-state index contributed by atoms with van der Waals surface area (Å²) in [5.74, 6) is 0. The van der Waals surface area contributed by atoms with E-state index in [0.29, 0.717) is 0 Å². The molecule has 7 heteroatoms. The van der Waals surface area contributed by atoms with E-state index in [2.05, 4.69) is 0 Å². The Morgan fingerprint density at radius 1 is 1.71 bits per heavy atom. The fraction of sp³-hybridized carbons (Fsp3) is 0. The molecular formula is H4NO5P. The molecule has 0 aromatic rings. The Morgan fingerprint density at radius 3 is 1.71 bits per heavy atom. The zero-order valence-corrected chi connectivity index (χ0v) is 4.30. The Hall–Kier alpha value is -0.610. The van der Waals surface area contributed by atoms with Gasteiger partial charge in [-0.2, -0.15) is 0 Å². The summed E-state index contributed by atoms with van der Waals surface area (Å²) in [6.07, 6.45) is 0. The van der Waals surface area contributed by atoms with E-state index < -0.39 is 13.8 Å². The standard InChI is InChI=1S/HNO3.H3O2P/c2-1(3)4;1-3-2/h(H,2,3,4);3H2,(H,1,2). The molecule has 0 saturated heterocycles. The maximum atomic E-state index is 8.57. The topological polar surface area (TPSA) is 101 Å². The average Bonchev–Trinajstić information content (AvgIpc) is 1.33. The van der Waals surface area contributed by atoms with Gasteiger partial charge in [0.15, 0.2) is 8.69 Å². The predicted molar refractivity (Wildman–Crippen MR) is 21.4 cm³/mol. The van der Waals surface area contributed by atoms with Gasteiger partial charge in [0.1, 0.15) is 0 Å². The molecule has 0 aromatic heterocycles. The minimum atomic E-state index is -1.50. The normalized spacial score (nSPS) is 7.57. The number of rotatable bonds is 0. The summed E-state index contributed by atoms with van der Waals surface area (Å²) in [4.78, 5) is 15.5. The molecule has 0 heterocycles. The first-order valence-electron chi connectivity index (χ1n) is 1.06. The van der Waals surface area contributed by atoms with E-state index in [1.54, 1.807) is 0 Å². The highest BCUT2D eigenvalue weighted by Gasteiger charge is 1.65. The van der Waals surface area contributed by atoms with E-state index >= 15 is 0 Å². The third kappa shape index (κ3) is 166. The lowest BCUT2D eigenvalue weighted by atomic mass is 13.1. The van der Waals surface area contributed by atoms with Crippen LogP contribution in [0.5, 0.6) is 0 Å². The Balaban J connectivity index is 0. The molecular weight excluding hydrogens is 125 g/mol. The van der Waals surface area contributed by atoms with Gasteiger partial charge in [0.05, 0.1) is 0 Å². The molecule has 0 rings (SSSR count). The highest BCUT2D eigenvalue weighted by Crippen LogP contribution is 1.66. The lowest BCUT2D eigenvalue weighted by Crippen LogP contribution is -1.81. The summed E-state index contributed by atoms with van der Waals surface area (Å²) in [7, 11) is -1.50. The van der Waals surface area contributed by atoms with Crippen LogP contribution in [0, 0.1) is 10.1 Å². The number of hydrogen-bond acceptors (Lipinski definition) is 3. The van der Waals surface area contributed by atoms with Gasteiger partial charge in [-0.05, 0) is 0 Å². The molecule has 7 heavy (non-hydrogen) atoms. The van der Waals surface area contributed by atoms with E-state index in [4.69, 9.17) is 24.8 Å². The van der Waals surface area contributed by atoms with Crippen molar-refractivity contribution in [2.24, 2.45) is 0 Å². The van der Waals surface area contributed by atoms with Gasteiger partial charge in [0.25, 0.3) is 5.09 Å². The Bertz CT molecular complexity index is 55.1. The predicted octanol–water partition coefficient (Wildman–Crippen LogP) is -0.698. The quantitative estimate of drug-likeness (QED) is 0.256. The number of nitrogens with zero attached hydrogens (tertiary/aromatic N) is 1. The van der Waals surface area contributed by atoms with E-state index in [9.17, 15) is 0 Å². The average molecular weight is 129 g/mol. The van der Waals surface area contributed by atoms with Gasteiger partial charge >= 0.3 is 0 Å². The summed E-state index contributed by atoms with van der Waals surface area (Å²) in [6.45, 7) is 0. The van der Waals surface area contributed by atoms with Crippen LogP contribution in [0.25, 0.3) is 0 Å². The molecule has 0 aromatic carbocycles. The van der Waals surface area contributed by atoms with Crippen LogP contribution in [0.4, 0.5) is 0 Å². The van der Waals surface area contributed by atoms with E-state index in [0.717, 1.165) is 0 Å². The lowest BCUT2D eigenvalue weighted by molar-refractivity contribution is -0.742. The first-order chi connectivity index (χ1) is 3.15. The van der Waals surface area contributed by atoms with Gasteiger partial charge in [-0.25, -0.2) is 0 Å². The van der Waals surface area contributed by atoms with Gasteiger partial charge in [0, 0.05) is 0 Å². The van der Waals surface area contributed by atoms with Crippen LogP contribution in [-0.2, 0) is 4.57 Å². The first kappa shape index (κ1) is 9.63. The van der Waals surface area contributed by atoms with Crippen molar-refractivity contribution in [2.45, 2.75) is 0 Å². The van der Waals surface area contributed by atoms with Gasteiger partial charge in [-0.3, -0.25) is 4.57 Å². The molecule has 0 spiro atoms. The van der Waals surface area contributed by atoms with Crippen molar-refractivity contribution in [1.29, 1.82) is 0 Å². The third-order valence-electron chi connectivity index (χ3n) is 0. The maximum absolute atomic E-state index is 8.57. The molecule has 0 saturated carbocycles. The maximum Gasteiger partial charge on any atom is 0.291 e. The summed E-state index contributed by atoms with van der Waals surface area (Å²) in [5, 5.41) is 13.6. The number of hydrogen-bond donors (Lipinski definition) is 2. The summed E-state index contributed by atoms with van der Waals surface area (Å²) in [5.41, 5.74) is 0. The van der Waals surface area contributed by atoms with Crippen LogP contribution in [0.2, 0.25) is 0 Å². The van der Waals surface area contributed by atoms with Crippen LogP contribution in [-0.4, -0.2) is 15.2 Å². The largest absolute Gasteiger partial charge is 0.348 e. The van der Waals surface area contributed by atoms with Gasteiger partial charge in [0.2, 0.25) is 0 Å². The molecule has 2 N–H and O–H groups in total. The van der Waals surface area contributed by atoms with Crippen molar-refractivity contribution >= 4 is 8.69 Å². The van der Waals surface area contributed by atoms with Gasteiger partial charge < -0.3 is 10.1 Å². The fourth-order valence-corrected chi connectivity index (χ4v) is 0. The molecule has 0 fully saturated rings. The monoisotopic (exact) mass is 129 g/mol. The molecule has 44 valence electrons. The van der Waals surface area contributed by atoms with E-state index in [-0.39, 0.29) is 0 Å². The van der Waals surface area contributed by atoms with E-state index in [1.807, 2.05) is 0 Å². The van der Waals surface area contributed by atoms with Gasteiger partial charge in [-0.15, -0.1) is 10.1 Å². The molecule has 0 aliphatic carbocycles. The summed E-state index contributed by atoms with van der Waals surface area (Å²) in [6, 6.07) is 0. The molecule has 0 amide bonds. The van der Waals surface area contributed by atoms with Gasteiger partial charge in [-0.1, -0.05) is 0 Å². The molecule has 1 unspecified atom stereocenters. The molecule has 0 radical (unpaired) electrons. The van der Waals surface area contributed by atoms with Crippen LogP contribution in [0.3, 0.4) is 0 Å². The van der Waals surface area contributed by atoms with Crippen molar-refractivity contribution in [3.05, 3.63) is 10.1 Å². The fourth-order valence-electron chi connectivity index (χ4n) is 0. The van der Waals surface area contributed by atoms with E-state index in [1.165, 1.54) is 0 Å². The van der Waals surface area contributed by atoms with Crippen molar-refractivity contribution in [3.8, 4) is 0 Å². The highest BCUT2D eigenvalue weighted by atomic mass is 31.1. The zero-order chi connectivity index (χ0) is 6.28. The lowest BCUT2D eigenvalue weighted by Gasteiger charge is -1.56. The molecule has 0 aliphatic rings. The Labute approximate surface area is 39.8 Å². The molecule has 0 aliphatic heterocycles. The minimum Gasteiger partial charge on any atom is -0.348 e. The second-order valence-electron chi connectivity index (χ2n) is 0.343. The second kappa shape index (κ2) is 9.04. The Kier molecular flexibility index (Phi) is 12.4. The smallest absolute Gasteiger partial charge is 0.291 e. The minimum absolute atomic E-state index is 1.50. The SMILES string of the molecule is O=[N+]([O-])O.O=[PH2]O. The molecule has 6 nitrogen and oxygen atoms in total. The highest BCUT2D eigenvalue weighted by molar-refractivity contribution is 7.16. The summed E-state index contributed by atoms with van der Waals surface area (Å²) < 4.78 is 8.57. The third-order valence-corrected chi connectivity index (χ3v) is 0. The Morgan fingerprint density at radius 2 is 1.71 bits per heavy atom. The first-order valence-corrected chi connectivity index (χ1v) is 2.05. The zero-order valence-electron chi connectivity index (χ0n) is 3.14. The van der Waals surface area contributed by atoms with Crippen LogP contribution in [0.1, 0.15) is 0 Å². The van der Waals surface area contributed by atoms with Crippen molar-refractivity contribution in [3.63, 3.8) is 0 Å². The second-order valence-corrected chi connectivity index (χ2v) is 0.554. The van der Waals surface area contributed by atoms with Crippen LogP contribution in [0.15, 0.2) is 0 Å². The van der Waals surface area contributed by atoms with Crippen molar-refractivity contribution < 1.29 is 19.8 Å². The molecule has 0 bridgehead atoms. The van der Waals surface area contributed by atoms with Crippen LogP contribution < -0.4 is 0 Å². The molecule has 1 atom stereocenters. The van der Waals surface area contributed by atoms with Crippen molar-refractivity contribution in [1.82, 2.24) is 0 Å². The van der Waals surface area contributed by atoms with Crippen LogP contribution >= 0.6 is 8.69 Å². The van der Waals surface area contributed by atoms with Crippen molar-refractivity contribution in [2.75, 3.05) is 0 Å². The summed E-state index contributed by atoms with van der Waals surface area (Å²) >= 11 is 0.